The maximum atomic E-state index is 9.47. The average Bonchev–Trinajstić information content (AvgIpc) is 2.70. The van der Waals surface area contributed by atoms with Crippen LogP contribution in [0.2, 0.25) is 0 Å². The number of hydrogen-bond acceptors (Lipinski definition) is 6. The fourth-order valence-electron chi connectivity index (χ4n) is 3.08. The summed E-state index contributed by atoms with van der Waals surface area (Å²) in [5, 5.41) is 21.7. The number of nitriles is 2. The molecule has 0 bridgehead atoms. The smallest absolute Gasteiger partial charge is 0.231 e. The second kappa shape index (κ2) is 7.77. The molecule has 0 atom stereocenters. The first kappa shape index (κ1) is 18.9. The second-order valence-electron chi connectivity index (χ2n) is 6.66. The molecule has 6 nitrogen and oxygen atoms in total. The first-order valence-corrected chi connectivity index (χ1v) is 8.79. The van der Waals surface area contributed by atoms with Gasteiger partial charge in [-0.1, -0.05) is 17.7 Å². The van der Waals surface area contributed by atoms with Crippen molar-refractivity contribution in [3.05, 3.63) is 70.4 Å². The largest absolute Gasteiger partial charge is 0.339 e. The van der Waals surface area contributed by atoms with Gasteiger partial charge in [0.05, 0.1) is 17.8 Å². The molecule has 0 amide bonds. The van der Waals surface area contributed by atoms with E-state index in [1.807, 2.05) is 37.9 Å². The molecule has 1 N–H and O–H groups in total. The van der Waals surface area contributed by atoms with Gasteiger partial charge in [-0.2, -0.15) is 15.5 Å². The highest BCUT2D eigenvalue weighted by molar-refractivity contribution is 5.70. The van der Waals surface area contributed by atoms with Crippen molar-refractivity contribution in [3.63, 3.8) is 0 Å². The Balaban J connectivity index is 1.99. The molecule has 1 heterocycles. The quantitative estimate of drug-likeness (QED) is 0.721. The average molecular weight is 368 g/mol. The van der Waals surface area contributed by atoms with Crippen molar-refractivity contribution in [2.24, 2.45) is 0 Å². The number of rotatable bonds is 4. The van der Waals surface area contributed by atoms with Crippen LogP contribution in [0.25, 0.3) is 0 Å². The fourth-order valence-corrected chi connectivity index (χ4v) is 3.08. The highest BCUT2D eigenvalue weighted by Gasteiger charge is 2.14. The highest BCUT2D eigenvalue weighted by atomic mass is 15.2. The lowest BCUT2D eigenvalue weighted by Crippen LogP contribution is -2.14. The van der Waals surface area contributed by atoms with Gasteiger partial charge in [0, 0.05) is 18.4 Å². The maximum Gasteiger partial charge on any atom is 0.231 e. The van der Waals surface area contributed by atoms with Crippen molar-refractivity contribution in [1.29, 1.82) is 10.5 Å². The van der Waals surface area contributed by atoms with E-state index >= 15 is 0 Å². The molecule has 0 aliphatic heterocycles. The standard InChI is InChI=1S/C22H20N6/c1-14-9-15(2)20(16(3)10-14)26-21-18(12-24)13-25-22(27-21)28(4)19-7-5-17(11-23)6-8-19/h5-10,13H,1-4H3,(H,25,26,27). The Morgan fingerprint density at radius 1 is 0.964 bits per heavy atom. The van der Waals surface area contributed by atoms with E-state index in [9.17, 15) is 5.26 Å². The van der Waals surface area contributed by atoms with Crippen LogP contribution >= 0.6 is 0 Å². The van der Waals surface area contributed by atoms with Gasteiger partial charge in [0.25, 0.3) is 0 Å². The summed E-state index contributed by atoms with van der Waals surface area (Å²) in [6.07, 6.45) is 1.52. The minimum atomic E-state index is 0.372. The van der Waals surface area contributed by atoms with Gasteiger partial charge in [-0.3, -0.25) is 0 Å². The number of aryl methyl sites for hydroxylation is 3. The molecule has 0 saturated carbocycles. The molecular formula is C22H20N6. The van der Waals surface area contributed by atoms with Gasteiger partial charge < -0.3 is 10.2 Å². The molecule has 2 aromatic carbocycles. The third-order valence-corrected chi connectivity index (χ3v) is 4.50. The third-order valence-electron chi connectivity index (χ3n) is 4.50. The highest BCUT2D eigenvalue weighted by Crippen LogP contribution is 2.28. The zero-order valence-electron chi connectivity index (χ0n) is 16.3. The Hall–Kier alpha value is -3.90. The Kier molecular flexibility index (Phi) is 5.24. The molecule has 0 aliphatic carbocycles. The number of benzene rings is 2. The van der Waals surface area contributed by atoms with Crippen LogP contribution in [0.3, 0.4) is 0 Å². The van der Waals surface area contributed by atoms with Crippen LogP contribution in [0.15, 0.2) is 42.6 Å². The zero-order chi connectivity index (χ0) is 20.3. The Bertz CT molecular complexity index is 1080. The summed E-state index contributed by atoms with van der Waals surface area (Å²) in [5.74, 6) is 0.914. The van der Waals surface area contributed by atoms with Crippen LogP contribution in [0, 0.1) is 43.4 Å². The number of aromatic nitrogens is 2. The summed E-state index contributed by atoms with van der Waals surface area (Å²) in [4.78, 5) is 10.7. The van der Waals surface area contributed by atoms with Crippen LogP contribution < -0.4 is 10.2 Å². The minimum Gasteiger partial charge on any atom is -0.339 e. The lowest BCUT2D eigenvalue weighted by atomic mass is 10.1. The Morgan fingerprint density at radius 3 is 2.18 bits per heavy atom. The van der Waals surface area contributed by atoms with Gasteiger partial charge in [-0.05, 0) is 56.2 Å². The summed E-state index contributed by atoms with van der Waals surface area (Å²) < 4.78 is 0. The van der Waals surface area contributed by atoms with Crippen LogP contribution in [0.4, 0.5) is 23.1 Å². The molecule has 3 aromatic rings. The first-order valence-electron chi connectivity index (χ1n) is 8.79. The monoisotopic (exact) mass is 368 g/mol. The molecule has 0 radical (unpaired) electrons. The molecular weight excluding hydrogens is 348 g/mol. The molecule has 1 aromatic heterocycles. The van der Waals surface area contributed by atoms with Crippen molar-refractivity contribution < 1.29 is 0 Å². The van der Waals surface area contributed by atoms with E-state index < -0.39 is 0 Å². The van der Waals surface area contributed by atoms with Gasteiger partial charge in [0.2, 0.25) is 5.95 Å². The molecule has 0 spiro atoms. The molecule has 138 valence electrons. The Morgan fingerprint density at radius 2 is 1.61 bits per heavy atom. The SMILES string of the molecule is Cc1cc(C)c(Nc2nc(N(C)c3ccc(C#N)cc3)ncc2C#N)c(C)c1. The lowest BCUT2D eigenvalue weighted by Gasteiger charge is -2.19. The van der Waals surface area contributed by atoms with E-state index in [1.165, 1.54) is 11.8 Å². The van der Waals surface area contributed by atoms with Crippen molar-refractivity contribution in [3.8, 4) is 12.1 Å². The van der Waals surface area contributed by atoms with Gasteiger partial charge in [0.1, 0.15) is 11.6 Å². The molecule has 28 heavy (non-hydrogen) atoms. The minimum absolute atomic E-state index is 0.372. The van der Waals surface area contributed by atoms with Gasteiger partial charge in [-0.25, -0.2) is 4.98 Å². The van der Waals surface area contributed by atoms with Crippen LogP contribution in [-0.4, -0.2) is 17.0 Å². The van der Waals surface area contributed by atoms with Crippen LogP contribution in [0.5, 0.6) is 0 Å². The number of nitrogens with one attached hydrogen (secondary N) is 1. The molecule has 0 aliphatic rings. The summed E-state index contributed by atoms with van der Waals surface area (Å²) in [5.41, 5.74) is 6.10. The number of nitrogens with zero attached hydrogens (tertiary/aromatic N) is 5. The number of anilines is 4. The maximum absolute atomic E-state index is 9.47. The fraction of sp³-hybridized carbons (Fsp3) is 0.182. The molecule has 0 unspecified atom stereocenters. The van der Waals surface area contributed by atoms with Crippen molar-refractivity contribution in [2.75, 3.05) is 17.3 Å². The lowest BCUT2D eigenvalue weighted by molar-refractivity contribution is 1.04. The van der Waals surface area contributed by atoms with E-state index in [4.69, 9.17) is 5.26 Å². The van der Waals surface area contributed by atoms with E-state index in [2.05, 4.69) is 46.5 Å². The van der Waals surface area contributed by atoms with Crippen molar-refractivity contribution >= 4 is 23.1 Å². The van der Waals surface area contributed by atoms with Crippen molar-refractivity contribution in [2.45, 2.75) is 20.8 Å². The Labute approximate surface area is 164 Å². The summed E-state index contributed by atoms with van der Waals surface area (Å²) in [6, 6.07) is 15.6. The van der Waals surface area contributed by atoms with Crippen LogP contribution in [0.1, 0.15) is 27.8 Å². The molecule has 0 fully saturated rings. The second-order valence-corrected chi connectivity index (χ2v) is 6.66. The number of hydrogen-bond donors (Lipinski definition) is 1. The van der Waals surface area contributed by atoms with E-state index in [-0.39, 0.29) is 0 Å². The molecule has 0 saturated heterocycles. The van der Waals surface area contributed by atoms with Crippen molar-refractivity contribution in [1.82, 2.24) is 9.97 Å². The predicted molar refractivity (Wildman–Crippen MR) is 110 cm³/mol. The molecule has 3 rings (SSSR count). The molecule has 6 heteroatoms. The predicted octanol–water partition coefficient (Wildman–Crippen LogP) is 4.66. The zero-order valence-corrected chi connectivity index (χ0v) is 16.3. The summed E-state index contributed by atoms with van der Waals surface area (Å²) in [7, 11) is 1.84. The van der Waals surface area contributed by atoms with Gasteiger partial charge in [-0.15, -0.1) is 0 Å². The van der Waals surface area contributed by atoms with Gasteiger partial charge >= 0.3 is 0 Å². The van der Waals surface area contributed by atoms with E-state index in [1.54, 1.807) is 12.1 Å². The summed E-state index contributed by atoms with van der Waals surface area (Å²) >= 11 is 0. The van der Waals surface area contributed by atoms with Crippen LogP contribution in [-0.2, 0) is 0 Å². The third kappa shape index (κ3) is 3.77. The normalized spacial score (nSPS) is 10.1. The van der Waals surface area contributed by atoms with Gasteiger partial charge in [0.15, 0.2) is 5.82 Å². The van der Waals surface area contributed by atoms with E-state index in [0.717, 1.165) is 22.5 Å². The first-order chi connectivity index (χ1) is 13.4. The van der Waals surface area contributed by atoms with E-state index in [0.29, 0.717) is 22.9 Å². The topological polar surface area (TPSA) is 88.6 Å². The summed E-state index contributed by atoms with van der Waals surface area (Å²) in [6.45, 7) is 6.11.